The van der Waals surface area contributed by atoms with Gasteiger partial charge in [-0.15, -0.1) is 0 Å². The molecular weight excluding hydrogens is 327 g/mol. The van der Waals surface area contributed by atoms with Gasteiger partial charge in [-0.05, 0) is 24.6 Å². The average Bonchev–Trinajstić information content (AvgIpc) is 2.59. The van der Waals surface area contributed by atoms with Crippen molar-refractivity contribution in [1.82, 2.24) is 14.5 Å². The largest absolute Gasteiger partial charge is 0.367 e. The highest BCUT2D eigenvalue weighted by atomic mass is 19.1. The van der Waals surface area contributed by atoms with Crippen LogP contribution < -0.4 is 10.9 Å². The molecule has 7 nitrogen and oxygen atoms in total. The number of anilines is 1. The summed E-state index contributed by atoms with van der Waals surface area (Å²) in [7, 11) is 1.58. The van der Waals surface area contributed by atoms with E-state index in [1.165, 1.54) is 29.1 Å². The van der Waals surface area contributed by atoms with Crippen molar-refractivity contribution in [2.24, 2.45) is 7.05 Å². The molecule has 0 radical (unpaired) electrons. The lowest BCUT2D eigenvalue weighted by atomic mass is 10.1. The van der Waals surface area contributed by atoms with E-state index >= 15 is 0 Å². The fourth-order valence-electron chi connectivity index (χ4n) is 2.74. The molecule has 1 aromatic heterocycles. The number of amides is 2. The molecule has 2 heterocycles. The number of nitrogens with zero attached hydrogens (tertiary/aromatic N) is 3. The van der Waals surface area contributed by atoms with Crippen molar-refractivity contribution in [2.75, 3.05) is 18.4 Å². The normalized spacial score (nSPS) is 20.4. The summed E-state index contributed by atoms with van der Waals surface area (Å²) in [5.41, 5.74) is 0.409. The molecule has 0 aliphatic carbocycles. The van der Waals surface area contributed by atoms with Crippen molar-refractivity contribution >= 4 is 11.8 Å². The van der Waals surface area contributed by atoms with Gasteiger partial charge >= 0.3 is 6.03 Å². The van der Waals surface area contributed by atoms with Gasteiger partial charge in [-0.25, -0.2) is 14.2 Å². The Morgan fingerprint density at radius 2 is 2.04 bits per heavy atom. The Hall–Kier alpha value is -2.74. The predicted molar refractivity (Wildman–Crippen MR) is 89.8 cm³/mol. The highest BCUT2D eigenvalue weighted by Gasteiger charge is 2.30. The molecule has 25 heavy (non-hydrogen) atoms. The number of carbonyl (C=O) groups excluding carboxylic acids is 1. The Labute approximate surface area is 144 Å². The third-order valence-electron chi connectivity index (χ3n) is 4.03. The first kappa shape index (κ1) is 17.1. The zero-order valence-corrected chi connectivity index (χ0v) is 14.0. The molecule has 2 unspecified atom stereocenters. The maximum absolute atomic E-state index is 13.1. The van der Waals surface area contributed by atoms with Gasteiger partial charge in [-0.1, -0.05) is 12.1 Å². The number of nitrogens with one attached hydrogen (secondary N) is 1. The van der Waals surface area contributed by atoms with Crippen molar-refractivity contribution in [3.8, 4) is 0 Å². The molecule has 1 aliphatic heterocycles. The van der Waals surface area contributed by atoms with Crippen LogP contribution in [0.15, 0.2) is 41.5 Å². The summed E-state index contributed by atoms with van der Waals surface area (Å²) >= 11 is 0. The number of aryl methyl sites for hydroxylation is 1. The van der Waals surface area contributed by atoms with Gasteiger partial charge in [0.2, 0.25) is 5.82 Å². The average molecular weight is 346 g/mol. The molecule has 2 amide bonds. The fraction of sp³-hybridized carbons (Fsp3) is 0.353. The van der Waals surface area contributed by atoms with E-state index in [-0.39, 0.29) is 29.4 Å². The summed E-state index contributed by atoms with van der Waals surface area (Å²) in [6.07, 6.45) is 2.40. The Bertz CT molecular complexity index is 821. The maximum atomic E-state index is 13.1. The molecule has 2 aromatic rings. The van der Waals surface area contributed by atoms with E-state index in [1.807, 2.05) is 6.92 Å². The standard InChI is InChI=1S/C17H19FN4O3/c1-11-9-22(10-14(25-11)12-3-5-13(18)6-4-12)17(24)20-15-16(23)21(2)8-7-19-15/h3-8,11,14H,9-10H2,1-2H3,(H,19,20,24). The first-order valence-electron chi connectivity index (χ1n) is 7.92. The lowest BCUT2D eigenvalue weighted by molar-refractivity contribution is -0.0643. The van der Waals surface area contributed by atoms with Gasteiger partial charge in [0.25, 0.3) is 5.56 Å². The van der Waals surface area contributed by atoms with Crippen molar-refractivity contribution in [3.63, 3.8) is 0 Å². The molecule has 132 valence electrons. The smallest absolute Gasteiger partial charge is 0.323 e. The topological polar surface area (TPSA) is 76.5 Å². The minimum Gasteiger partial charge on any atom is -0.367 e. The van der Waals surface area contributed by atoms with E-state index in [0.717, 1.165) is 5.56 Å². The summed E-state index contributed by atoms with van der Waals surface area (Å²) in [4.78, 5) is 30.0. The molecule has 0 saturated carbocycles. The number of ether oxygens (including phenoxy) is 1. The van der Waals surface area contributed by atoms with Gasteiger partial charge in [-0.3, -0.25) is 10.1 Å². The summed E-state index contributed by atoms with van der Waals surface area (Å²) in [5.74, 6) is -0.347. The SMILES string of the molecule is CC1CN(C(=O)Nc2nccn(C)c2=O)CC(c2ccc(F)cc2)O1. The molecule has 3 rings (SSSR count). The van der Waals surface area contributed by atoms with Crippen LogP contribution in [0.5, 0.6) is 0 Å². The lowest BCUT2D eigenvalue weighted by Crippen LogP contribution is -2.48. The highest BCUT2D eigenvalue weighted by molar-refractivity contribution is 5.88. The zero-order chi connectivity index (χ0) is 18.0. The van der Waals surface area contributed by atoms with Crippen LogP contribution in [0.4, 0.5) is 15.0 Å². The van der Waals surface area contributed by atoms with Gasteiger partial charge in [0.15, 0.2) is 0 Å². The summed E-state index contributed by atoms with van der Waals surface area (Å²) in [6.45, 7) is 2.54. The van der Waals surface area contributed by atoms with E-state index in [4.69, 9.17) is 4.74 Å². The highest BCUT2D eigenvalue weighted by Crippen LogP contribution is 2.25. The van der Waals surface area contributed by atoms with E-state index < -0.39 is 6.03 Å². The Balaban J connectivity index is 1.74. The van der Waals surface area contributed by atoms with Crippen LogP contribution in [0.2, 0.25) is 0 Å². The number of urea groups is 1. The van der Waals surface area contributed by atoms with Crippen molar-refractivity contribution in [3.05, 3.63) is 58.4 Å². The van der Waals surface area contributed by atoms with Crippen LogP contribution >= 0.6 is 0 Å². The molecule has 2 atom stereocenters. The van der Waals surface area contributed by atoms with Gasteiger partial charge in [0.1, 0.15) is 11.9 Å². The number of aromatic nitrogens is 2. The molecule has 1 aliphatic rings. The van der Waals surface area contributed by atoms with Gasteiger partial charge in [0, 0.05) is 26.0 Å². The van der Waals surface area contributed by atoms with Crippen LogP contribution in [0.25, 0.3) is 0 Å². The van der Waals surface area contributed by atoms with Crippen LogP contribution in [0, 0.1) is 5.82 Å². The third kappa shape index (κ3) is 3.85. The number of halogens is 1. The predicted octanol–water partition coefficient (Wildman–Crippen LogP) is 1.91. The first-order valence-corrected chi connectivity index (χ1v) is 7.92. The summed E-state index contributed by atoms with van der Waals surface area (Å²) < 4.78 is 20.3. The van der Waals surface area contributed by atoms with Gasteiger partial charge in [-0.2, -0.15) is 0 Å². The molecule has 1 saturated heterocycles. The van der Waals surface area contributed by atoms with Crippen LogP contribution in [0.3, 0.4) is 0 Å². The molecular formula is C17H19FN4O3. The monoisotopic (exact) mass is 346 g/mol. The van der Waals surface area contributed by atoms with Crippen LogP contribution in [0.1, 0.15) is 18.6 Å². The molecule has 0 bridgehead atoms. The second-order valence-electron chi connectivity index (χ2n) is 6.01. The van der Waals surface area contributed by atoms with E-state index in [0.29, 0.717) is 13.1 Å². The van der Waals surface area contributed by atoms with E-state index in [9.17, 15) is 14.0 Å². The second kappa shape index (κ2) is 7.02. The minimum absolute atomic E-state index is 0.0209. The number of benzene rings is 1. The Kier molecular flexibility index (Phi) is 4.80. The summed E-state index contributed by atoms with van der Waals surface area (Å²) in [6, 6.07) is 5.59. The van der Waals surface area contributed by atoms with Crippen molar-refractivity contribution in [2.45, 2.75) is 19.1 Å². The van der Waals surface area contributed by atoms with E-state index in [1.54, 1.807) is 24.1 Å². The Morgan fingerprint density at radius 1 is 1.32 bits per heavy atom. The van der Waals surface area contributed by atoms with Crippen molar-refractivity contribution in [1.29, 1.82) is 0 Å². The lowest BCUT2D eigenvalue weighted by Gasteiger charge is -2.36. The molecule has 8 heteroatoms. The summed E-state index contributed by atoms with van der Waals surface area (Å²) in [5, 5.41) is 2.55. The maximum Gasteiger partial charge on any atom is 0.323 e. The number of hydrogen-bond donors (Lipinski definition) is 1. The number of morpholine rings is 1. The molecule has 1 fully saturated rings. The fourth-order valence-corrected chi connectivity index (χ4v) is 2.74. The third-order valence-corrected chi connectivity index (χ3v) is 4.03. The van der Waals surface area contributed by atoms with Crippen LogP contribution in [-0.4, -0.2) is 39.7 Å². The number of hydrogen-bond acceptors (Lipinski definition) is 4. The first-order chi connectivity index (χ1) is 11.9. The van der Waals surface area contributed by atoms with Crippen molar-refractivity contribution < 1.29 is 13.9 Å². The minimum atomic E-state index is -0.418. The van der Waals surface area contributed by atoms with E-state index in [2.05, 4.69) is 10.3 Å². The quantitative estimate of drug-likeness (QED) is 0.901. The molecule has 0 spiro atoms. The molecule has 1 N–H and O–H groups in total. The van der Waals surface area contributed by atoms with Gasteiger partial charge < -0.3 is 14.2 Å². The molecule has 1 aromatic carbocycles. The van der Waals surface area contributed by atoms with Gasteiger partial charge in [0.05, 0.1) is 12.6 Å². The zero-order valence-electron chi connectivity index (χ0n) is 14.0. The number of rotatable bonds is 2. The second-order valence-corrected chi connectivity index (χ2v) is 6.01. The number of carbonyl (C=O) groups is 1. The Morgan fingerprint density at radius 3 is 2.76 bits per heavy atom. The van der Waals surface area contributed by atoms with Crippen LogP contribution in [-0.2, 0) is 11.8 Å².